The summed E-state index contributed by atoms with van der Waals surface area (Å²) in [6.07, 6.45) is 3.16. The Morgan fingerprint density at radius 3 is 2.71 bits per heavy atom. The maximum Gasteiger partial charge on any atom is 0.246 e. The van der Waals surface area contributed by atoms with E-state index < -0.39 is 0 Å². The SMILES string of the molecule is COc1cc(N2CCN(c3cc(N(C)C)ncn3)CC2=O)ccn1. The molecule has 1 saturated heterocycles. The number of rotatable bonds is 4. The largest absolute Gasteiger partial charge is 0.481 e. The summed E-state index contributed by atoms with van der Waals surface area (Å²) in [4.78, 5) is 30.8. The molecule has 24 heavy (non-hydrogen) atoms. The van der Waals surface area contributed by atoms with Crippen LogP contribution in [-0.2, 0) is 4.79 Å². The average Bonchev–Trinajstić information content (AvgIpc) is 2.61. The van der Waals surface area contributed by atoms with Gasteiger partial charge in [-0.3, -0.25) is 4.79 Å². The minimum Gasteiger partial charge on any atom is -0.481 e. The number of carbonyl (C=O) groups excluding carboxylic acids is 1. The summed E-state index contributed by atoms with van der Waals surface area (Å²) < 4.78 is 5.13. The number of ether oxygens (including phenoxy) is 1. The molecular formula is C16H20N6O2. The van der Waals surface area contributed by atoms with E-state index >= 15 is 0 Å². The molecule has 0 aromatic carbocycles. The summed E-state index contributed by atoms with van der Waals surface area (Å²) >= 11 is 0. The Kier molecular flexibility index (Phi) is 4.45. The molecule has 2 aromatic heterocycles. The van der Waals surface area contributed by atoms with E-state index in [9.17, 15) is 4.79 Å². The summed E-state index contributed by atoms with van der Waals surface area (Å²) in [6.45, 7) is 1.54. The summed E-state index contributed by atoms with van der Waals surface area (Å²) in [6, 6.07) is 5.46. The lowest BCUT2D eigenvalue weighted by Gasteiger charge is -2.35. The van der Waals surface area contributed by atoms with Gasteiger partial charge in [0.1, 0.15) is 18.0 Å². The molecule has 0 unspecified atom stereocenters. The van der Waals surface area contributed by atoms with Crippen LogP contribution in [0.5, 0.6) is 5.88 Å². The van der Waals surface area contributed by atoms with Gasteiger partial charge in [0.2, 0.25) is 11.8 Å². The number of anilines is 3. The van der Waals surface area contributed by atoms with Crippen molar-refractivity contribution in [3.63, 3.8) is 0 Å². The molecule has 0 saturated carbocycles. The standard InChI is InChI=1S/C16H20N6O2/c1-20(2)13-9-14(19-11-18-13)21-6-7-22(16(23)10-21)12-4-5-17-15(8-12)24-3/h4-5,8-9,11H,6-7,10H2,1-3H3. The zero-order valence-corrected chi connectivity index (χ0v) is 14.0. The number of hydrogen-bond donors (Lipinski definition) is 0. The topological polar surface area (TPSA) is 74.7 Å². The molecule has 0 aliphatic carbocycles. The van der Waals surface area contributed by atoms with Crippen LogP contribution in [-0.4, -0.2) is 61.7 Å². The predicted molar refractivity (Wildman–Crippen MR) is 91.7 cm³/mol. The van der Waals surface area contributed by atoms with Gasteiger partial charge in [0.25, 0.3) is 0 Å². The molecule has 0 N–H and O–H groups in total. The van der Waals surface area contributed by atoms with Gasteiger partial charge in [0, 0.05) is 45.5 Å². The first-order valence-corrected chi connectivity index (χ1v) is 7.63. The van der Waals surface area contributed by atoms with E-state index in [0.717, 1.165) is 17.3 Å². The highest BCUT2D eigenvalue weighted by Gasteiger charge is 2.26. The second kappa shape index (κ2) is 6.69. The molecule has 1 aliphatic heterocycles. The van der Waals surface area contributed by atoms with E-state index in [0.29, 0.717) is 19.0 Å². The van der Waals surface area contributed by atoms with Crippen molar-refractivity contribution in [1.29, 1.82) is 0 Å². The Labute approximate surface area is 140 Å². The van der Waals surface area contributed by atoms with Crippen LogP contribution in [0.4, 0.5) is 17.3 Å². The highest BCUT2D eigenvalue weighted by atomic mass is 16.5. The van der Waals surface area contributed by atoms with Gasteiger partial charge in [-0.05, 0) is 6.07 Å². The van der Waals surface area contributed by atoms with E-state index in [4.69, 9.17) is 4.74 Å². The number of piperazine rings is 1. The van der Waals surface area contributed by atoms with Crippen LogP contribution < -0.4 is 19.4 Å². The van der Waals surface area contributed by atoms with Crippen LogP contribution in [0.25, 0.3) is 0 Å². The van der Waals surface area contributed by atoms with E-state index in [2.05, 4.69) is 15.0 Å². The lowest BCUT2D eigenvalue weighted by Crippen LogP contribution is -2.51. The molecule has 8 nitrogen and oxygen atoms in total. The second-order valence-corrected chi connectivity index (χ2v) is 5.65. The third-order valence-corrected chi connectivity index (χ3v) is 3.88. The van der Waals surface area contributed by atoms with Gasteiger partial charge < -0.3 is 19.4 Å². The molecule has 1 aliphatic rings. The van der Waals surface area contributed by atoms with Gasteiger partial charge in [-0.1, -0.05) is 0 Å². The molecule has 0 spiro atoms. The van der Waals surface area contributed by atoms with Gasteiger partial charge in [-0.15, -0.1) is 0 Å². The first kappa shape index (κ1) is 16.0. The zero-order valence-electron chi connectivity index (χ0n) is 14.0. The quantitative estimate of drug-likeness (QED) is 0.822. The maximum atomic E-state index is 12.6. The normalized spacial score (nSPS) is 14.7. The van der Waals surface area contributed by atoms with Crippen molar-refractivity contribution in [3.8, 4) is 5.88 Å². The Bertz CT molecular complexity index is 736. The summed E-state index contributed by atoms with van der Waals surface area (Å²) in [5, 5.41) is 0. The third-order valence-electron chi connectivity index (χ3n) is 3.88. The minimum absolute atomic E-state index is 0.0134. The number of carbonyl (C=O) groups is 1. The third kappa shape index (κ3) is 3.22. The first-order chi connectivity index (χ1) is 11.6. The van der Waals surface area contributed by atoms with Crippen molar-refractivity contribution >= 4 is 23.2 Å². The predicted octanol–water partition coefficient (Wildman–Crippen LogP) is 0.799. The van der Waals surface area contributed by atoms with Gasteiger partial charge in [-0.2, -0.15) is 0 Å². The van der Waals surface area contributed by atoms with E-state index in [1.54, 1.807) is 24.3 Å². The Morgan fingerprint density at radius 1 is 1.17 bits per heavy atom. The number of methoxy groups -OCH3 is 1. The van der Waals surface area contributed by atoms with Crippen molar-refractivity contribution in [2.24, 2.45) is 0 Å². The fourth-order valence-corrected chi connectivity index (χ4v) is 2.57. The van der Waals surface area contributed by atoms with Crippen LogP contribution >= 0.6 is 0 Å². The molecule has 1 amide bonds. The van der Waals surface area contributed by atoms with E-state index in [-0.39, 0.29) is 12.5 Å². The highest BCUT2D eigenvalue weighted by molar-refractivity contribution is 5.97. The number of pyridine rings is 1. The molecular weight excluding hydrogens is 308 g/mol. The van der Waals surface area contributed by atoms with Crippen LogP contribution in [0, 0.1) is 0 Å². The van der Waals surface area contributed by atoms with E-state index in [1.807, 2.05) is 36.0 Å². The monoisotopic (exact) mass is 328 g/mol. The molecule has 8 heteroatoms. The molecule has 1 fully saturated rings. The van der Waals surface area contributed by atoms with Crippen LogP contribution in [0.1, 0.15) is 0 Å². The van der Waals surface area contributed by atoms with Gasteiger partial charge in [-0.25, -0.2) is 15.0 Å². The highest BCUT2D eigenvalue weighted by Crippen LogP contribution is 2.23. The van der Waals surface area contributed by atoms with Crippen LogP contribution in [0.2, 0.25) is 0 Å². The molecule has 0 radical (unpaired) electrons. The average molecular weight is 328 g/mol. The van der Waals surface area contributed by atoms with Crippen molar-refractivity contribution in [2.45, 2.75) is 0 Å². The smallest absolute Gasteiger partial charge is 0.246 e. The summed E-state index contributed by atoms with van der Waals surface area (Å²) in [5.74, 6) is 2.08. The fourth-order valence-electron chi connectivity index (χ4n) is 2.57. The summed E-state index contributed by atoms with van der Waals surface area (Å²) in [7, 11) is 5.40. The Hall–Kier alpha value is -2.90. The van der Waals surface area contributed by atoms with Gasteiger partial charge in [0.05, 0.1) is 19.3 Å². The van der Waals surface area contributed by atoms with Gasteiger partial charge in [0.15, 0.2) is 0 Å². The molecule has 126 valence electrons. The fraction of sp³-hybridized carbons (Fsp3) is 0.375. The zero-order chi connectivity index (χ0) is 17.1. The minimum atomic E-state index is 0.0134. The van der Waals surface area contributed by atoms with Crippen LogP contribution in [0.3, 0.4) is 0 Å². The Morgan fingerprint density at radius 2 is 2.00 bits per heavy atom. The lowest BCUT2D eigenvalue weighted by molar-refractivity contribution is -0.117. The molecule has 3 heterocycles. The molecule has 2 aromatic rings. The van der Waals surface area contributed by atoms with Gasteiger partial charge >= 0.3 is 0 Å². The Balaban J connectivity index is 1.75. The number of hydrogen-bond acceptors (Lipinski definition) is 7. The lowest BCUT2D eigenvalue weighted by atomic mass is 10.2. The number of amides is 1. The molecule has 0 atom stereocenters. The molecule has 0 bridgehead atoms. The number of aromatic nitrogens is 3. The maximum absolute atomic E-state index is 12.6. The number of nitrogens with zero attached hydrogens (tertiary/aromatic N) is 6. The van der Waals surface area contributed by atoms with Crippen molar-refractivity contribution in [1.82, 2.24) is 15.0 Å². The van der Waals surface area contributed by atoms with Crippen molar-refractivity contribution < 1.29 is 9.53 Å². The van der Waals surface area contributed by atoms with Crippen molar-refractivity contribution in [2.75, 3.05) is 55.5 Å². The molecule has 3 rings (SSSR count). The second-order valence-electron chi connectivity index (χ2n) is 5.65. The van der Waals surface area contributed by atoms with E-state index in [1.165, 1.54) is 6.33 Å². The summed E-state index contributed by atoms with van der Waals surface area (Å²) in [5.41, 5.74) is 0.795. The van der Waals surface area contributed by atoms with Crippen LogP contribution in [0.15, 0.2) is 30.7 Å². The first-order valence-electron chi connectivity index (χ1n) is 7.63. The van der Waals surface area contributed by atoms with Crippen molar-refractivity contribution in [3.05, 3.63) is 30.7 Å².